The summed E-state index contributed by atoms with van der Waals surface area (Å²) in [5, 5.41) is 20.1. The van der Waals surface area contributed by atoms with E-state index in [1.54, 1.807) is 12.1 Å². The van der Waals surface area contributed by atoms with Crippen LogP contribution in [0.4, 0.5) is 4.39 Å². The van der Waals surface area contributed by atoms with Crippen LogP contribution < -0.4 is 4.74 Å². The number of halogens is 2. The number of aliphatic hydroxyl groups excluding tert-OH is 1. The molecule has 1 unspecified atom stereocenters. The minimum atomic E-state index is -0.430. The second-order valence-electron chi connectivity index (χ2n) is 9.55. The van der Waals surface area contributed by atoms with Crippen molar-refractivity contribution in [2.75, 3.05) is 32.9 Å². The van der Waals surface area contributed by atoms with E-state index in [-0.39, 0.29) is 18.5 Å². The van der Waals surface area contributed by atoms with Gasteiger partial charge in [0.25, 0.3) is 0 Å². The third-order valence-corrected chi connectivity index (χ3v) is 7.59. The highest BCUT2D eigenvalue weighted by molar-refractivity contribution is 6.33. The molecular weight excluding hydrogens is 479 g/mol. The predicted molar refractivity (Wildman–Crippen MR) is 137 cm³/mol. The standard InChI is InChI=1S/C29H28ClFN2O3/c1-18-25-13-22(34)7-10-26(25)36-29(27(18)24-4-2-3-21(15-32)28(24)30)20-5-8-23(9-6-20)35-12-11-33-16-19(14-31)17-33/h2-10,19,25,29,34H,11-14,16-17H2,1H3/t25?,29-/m1/s1. The van der Waals surface area contributed by atoms with Gasteiger partial charge in [-0.1, -0.05) is 41.4 Å². The van der Waals surface area contributed by atoms with E-state index in [9.17, 15) is 14.8 Å². The average Bonchev–Trinajstić information content (AvgIpc) is 2.86. The first-order valence-electron chi connectivity index (χ1n) is 12.2. The van der Waals surface area contributed by atoms with Gasteiger partial charge in [-0.15, -0.1) is 0 Å². The highest BCUT2D eigenvalue weighted by Gasteiger charge is 2.36. The summed E-state index contributed by atoms with van der Waals surface area (Å²) < 4.78 is 25.0. The van der Waals surface area contributed by atoms with E-state index in [1.165, 1.54) is 0 Å². The van der Waals surface area contributed by atoms with Gasteiger partial charge in [0.15, 0.2) is 0 Å². The Morgan fingerprint density at radius 1 is 1.19 bits per heavy atom. The van der Waals surface area contributed by atoms with Crippen molar-refractivity contribution in [2.45, 2.75) is 19.4 Å². The molecule has 1 fully saturated rings. The molecular formula is C29H28ClFN2O3. The topological polar surface area (TPSA) is 65.7 Å². The summed E-state index contributed by atoms with van der Waals surface area (Å²) in [5.41, 5.74) is 4.05. The molecule has 2 aromatic rings. The van der Waals surface area contributed by atoms with Crippen LogP contribution in [0.1, 0.15) is 36.1 Å². The Labute approximate surface area is 215 Å². The second kappa shape index (κ2) is 10.4. The molecule has 0 radical (unpaired) electrons. The normalized spacial score (nSPS) is 22.1. The van der Waals surface area contributed by atoms with Gasteiger partial charge in [0.05, 0.1) is 23.0 Å². The zero-order chi connectivity index (χ0) is 25.2. The van der Waals surface area contributed by atoms with Crippen molar-refractivity contribution in [1.29, 1.82) is 5.26 Å². The molecule has 1 aliphatic carbocycles. The summed E-state index contributed by atoms with van der Waals surface area (Å²) in [7, 11) is 0. The Morgan fingerprint density at radius 2 is 1.97 bits per heavy atom. The van der Waals surface area contributed by atoms with Crippen LogP contribution in [0.15, 0.2) is 71.7 Å². The van der Waals surface area contributed by atoms with E-state index >= 15 is 0 Å². The van der Waals surface area contributed by atoms with Crippen molar-refractivity contribution in [3.63, 3.8) is 0 Å². The van der Waals surface area contributed by atoms with Crippen LogP contribution in [0, 0.1) is 23.2 Å². The molecule has 1 N–H and O–H groups in total. The molecule has 0 bridgehead atoms. The van der Waals surface area contributed by atoms with Crippen molar-refractivity contribution >= 4 is 17.2 Å². The maximum atomic E-state index is 12.6. The quantitative estimate of drug-likeness (QED) is 0.472. The lowest BCUT2D eigenvalue weighted by atomic mass is 9.79. The molecule has 2 atom stereocenters. The first-order chi connectivity index (χ1) is 17.5. The molecule has 36 heavy (non-hydrogen) atoms. The van der Waals surface area contributed by atoms with Crippen LogP contribution in [0.2, 0.25) is 5.02 Å². The molecule has 5 nitrogen and oxygen atoms in total. The lowest BCUT2D eigenvalue weighted by Gasteiger charge is -2.37. The van der Waals surface area contributed by atoms with Crippen LogP contribution in [-0.2, 0) is 4.74 Å². The minimum Gasteiger partial charge on any atom is -0.512 e. The number of alkyl halides is 1. The second-order valence-corrected chi connectivity index (χ2v) is 9.93. The predicted octanol–water partition coefficient (Wildman–Crippen LogP) is 6.38. The Morgan fingerprint density at radius 3 is 2.69 bits per heavy atom. The van der Waals surface area contributed by atoms with Crippen molar-refractivity contribution in [3.05, 3.63) is 93.4 Å². The van der Waals surface area contributed by atoms with Crippen LogP contribution in [0.5, 0.6) is 5.75 Å². The third-order valence-electron chi connectivity index (χ3n) is 7.18. The highest BCUT2D eigenvalue weighted by Crippen LogP contribution is 2.50. The van der Waals surface area contributed by atoms with E-state index in [4.69, 9.17) is 21.1 Å². The van der Waals surface area contributed by atoms with Crippen molar-refractivity contribution in [3.8, 4) is 11.8 Å². The van der Waals surface area contributed by atoms with Crippen molar-refractivity contribution < 1.29 is 19.0 Å². The van der Waals surface area contributed by atoms with E-state index in [0.29, 0.717) is 29.4 Å². The Bertz CT molecular complexity index is 1270. The molecule has 3 aliphatic rings. The number of hydrogen-bond acceptors (Lipinski definition) is 5. The fourth-order valence-electron chi connectivity index (χ4n) is 5.15. The van der Waals surface area contributed by atoms with Crippen LogP contribution >= 0.6 is 11.6 Å². The first-order valence-corrected chi connectivity index (χ1v) is 12.5. The number of aliphatic hydroxyl groups is 1. The number of fused-ring (bicyclic) bond motifs is 1. The Hall–Kier alpha value is -3.27. The SMILES string of the molecule is CC1=C(c2cccc(C#N)c2Cl)[C@@H](c2ccc(OCCN3CC(CF)C3)cc2)OC2=CC=C(O)CC21. The van der Waals surface area contributed by atoms with Crippen molar-refractivity contribution in [1.82, 2.24) is 4.90 Å². The van der Waals surface area contributed by atoms with Gasteiger partial charge in [-0.2, -0.15) is 5.26 Å². The highest BCUT2D eigenvalue weighted by atomic mass is 35.5. The number of allylic oxidation sites excluding steroid dienone is 4. The number of likely N-dealkylation sites (tertiary alicyclic amines) is 1. The molecule has 2 heterocycles. The lowest BCUT2D eigenvalue weighted by molar-refractivity contribution is 0.0668. The van der Waals surface area contributed by atoms with Gasteiger partial charge >= 0.3 is 0 Å². The number of nitriles is 1. The monoisotopic (exact) mass is 506 g/mol. The smallest absolute Gasteiger partial charge is 0.149 e. The summed E-state index contributed by atoms with van der Waals surface area (Å²) in [6.07, 6.45) is 3.53. The van der Waals surface area contributed by atoms with Gasteiger partial charge < -0.3 is 14.6 Å². The molecule has 0 amide bonds. The first kappa shape index (κ1) is 24.4. The summed E-state index contributed by atoms with van der Waals surface area (Å²) >= 11 is 6.67. The maximum absolute atomic E-state index is 12.6. The number of rotatable bonds is 7. The van der Waals surface area contributed by atoms with Gasteiger partial charge in [0, 0.05) is 49.0 Å². The van der Waals surface area contributed by atoms with Crippen molar-refractivity contribution in [2.24, 2.45) is 11.8 Å². The van der Waals surface area contributed by atoms with E-state index in [2.05, 4.69) is 11.0 Å². The third kappa shape index (κ3) is 4.74. The molecule has 0 aromatic heterocycles. The summed E-state index contributed by atoms with van der Waals surface area (Å²) in [4.78, 5) is 2.19. The molecule has 5 rings (SSSR count). The summed E-state index contributed by atoms with van der Waals surface area (Å²) in [6.45, 7) is 4.71. The van der Waals surface area contributed by atoms with E-state index in [1.807, 2.05) is 49.4 Å². The molecule has 0 spiro atoms. The number of nitrogens with zero attached hydrogens (tertiary/aromatic N) is 2. The fraction of sp³-hybridized carbons (Fsp3) is 0.345. The van der Waals surface area contributed by atoms with Crippen LogP contribution in [0.25, 0.3) is 5.57 Å². The van der Waals surface area contributed by atoms with Gasteiger partial charge in [-0.3, -0.25) is 9.29 Å². The average molecular weight is 507 g/mol. The summed E-state index contributed by atoms with van der Waals surface area (Å²) in [6, 6.07) is 15.4. The molecule has 7 heteroatoms. The Kier molecular flexibility index (Phi) is 7.04. The largest absolute Gasteiger partial charge is 0.512 e. The van der Waals surface area contributed by atoms with Crippen LogP contribution in [-0.4, -0.2) is 42.9 Å². The maximum Gasteiger partial charge on any atom is 0.149 e. The molecule has 0 saturated carbocycles. The zero-order valence-corrected chi connectivity index (χ0v) is 20.8. The minimum absolute atomic E-state index is 0.0934. The van der Waals surface area contributed by atoms with Gasteiger partial charge in [0.2, 0.25) is 0 Å². The van der Waals surface area contributed by atoms with Crippen LogP contribution in [0.3, 0.4) is 0 Å². The Balaban J connectivity index is 1.41. The lowest BCUT2D eigenvalue weighted by Crippen LogP contribution is -2.49. The zero-order valence-electron chi connectivity index (χ0n) is 20.1. The van der Waals surface area contributed by atoms with E-state index < -0.39 is 6.10 Å². The van der Waals surface area contributed by atoms with Gasteiger partial charge in [-0.05, 0) is 42.8 Å². The summed E-state index contributed by atoms with van der Waals surface area (Å²) in [5.74, 6) is 1.94. The molecule has 1 saturated heterocycles. The van der Waals surface area contributed by atoms with Gasteiger partial charge in [0.1, 0.15) is 30.3 Å². The number of benzene rings is 2. The van der Waals surface area contributed by atoms with Gasteiger partial charge in [-0.25, -0.2) is 0 Å². The van der Waals surface area contributed by atoms with E-state index in [0.717, 1.165) is 53.4 Å². The molecule has 2 aliphatic heterocycles. The molecule has 2 aromatic carbocycles. The number of ether oxygens (including phenoxy) is 2. The number of hydrogen-bond donors (Lipinski definition) is 1. The molecule has 186 valence electrons. The fourth-order valence-corrected chi connectivity index (χ4v) is 5.42.